The smallest absolute Gasteiger partial charge is 0.407 e. The molecule has 2 N–H and O–H groups in total. The lowest BCUT2D eigenvalue weighted by Gasteiger charge is -2.19. The maximum atomic E-state index is 13.1. The van der Waals surface area contributed by atoms with Gasteiger partial charge in [0.05, 0.1) is 5.02 Å². The molecule has 0 aliphatic rings. The molecule has 0 fully saturated rings. The molecule has 20 heavy (non-hydrogen) atoms. The summed E-state index contributed by atoms with van der Waals surface area (Å²) in [4.78, 5) is 11.3. The standard InChI is InChI=1S/C14H17ClFNO3/c1-14(2,3)20-13(19)17-6-4-5-9-7-10(16)8-11(15)12(9)18/h4-5,7-8,18H,6H2,1-3H3,(H,17,19). The van der Waals surface area contributed by atoms with E-state index in [-0.39, 0.29) is 22.9 Å². The van der Waals surface area contributed by atoms with Crippen LogP contribution >= 0.6 is 11.6 Å². The summed E-state index contributed by atoms with van der Waals surface area (Å²) in [7, 11) is 0. The van der Waals surface area contributed by atoms with Gasteiger partial charge in [0, 0.05) is 12.1 Å². The predicted molar refractivity (Wildman–Crippen MR) is 76.3 cm³/mol. The number of benzene rings is 1. The minimum Gasteiger partial charge on any atom is -0.506 e. The molecule has 0 atom stereocenters. The highest BCUT2D eigenvalue weighted by Crippen LogP contribution is 2.29. The number of hydrogen-bond donors (Lipinski definition) is 2. The summed E-state index contributed by atoms with van der Waals surface area (Å²) in [5, 5.41) is 12.1. The minimum atomic E-state index is -0.567. The van der Waals surface area contributed by atoms with Crippen molar-refractivity contribution >= 4 is 23.8 Å². The lowest BCUT2D eigenvalue weighted by Crippen LogP contribution is -2.32. The summed E-state index contributed by atoms with van der Waals surface area (Å²) < 4.78 is 18.1. The van der Waals surface area contributed by atoms with E-state index in [2.05, 4.69) is 5.32 Å². The van der Waals surface area contributed by atoms with Crippen LogP contribution in [0.15, 0.2) is 18.2 Å². The first-order valence-electron chi connectivity index (χ1n) is 6.00. The lowest BCUT2D eigenvalue weighted by molar-refractivity contribution is 0.0534. The van der Waals surface area contributed by atoms with Crippen molar-refractivity contribution in [2.24, 2.45) is 0 Å². The van der Waals surface area contributed by atoms with Crippen molar-refractivity contribution in [3.05, 3.63) is 34.6 Å². The zero-order chi connectivity index (χ0) is 15.3. The molecule has 0 spiro atoms. The molecule has 0 saturated heterocycles. The number of aromatic hydroxyl groups is 1. The van der Waals surface area contributed by atoms with Gasteiger partial charge in [-0.05, 0) is 32.9 Å². The molecule has 0 aliphatic heterocycles. The number of carbonyl (C=O) groups is 1. The van der Waals surface area contributed by atoms with Crippen LogP contribution in [0.5, 0.6) is 5.75 Å². The Bertz CT molecular complexity index is 524. The van der Waals surface area contributed by atoms with E-state index in [0.29, 0.717) is 0 Å². The number of carbonyl (C=O) groups excluding carboxylic acids is 1. The Hall–Kier alpha value is -1.75. The average Bonchev–Trinajstić information content (AvgIpc) is 2.28. The maximum absolute atomic E-state index is 13.1. The summed E-state index contributed by atoms with van der Waals surface area (Å²) in [5.74, 6) is -0.755. The van der Waals surface area contributed by atoms with Gasteiger partial charge in [-0.15, -0.1) is 0 Å². The van der Waals surface area contributed by atoms with Crippen LogP contribution in [0.1, 0.15) is 26.3 Å². The van der Waals surface area contributed by atoms with E-state index in [4.69, 9.17) is 16.3 Å². The van der Waals surface area contributed by atoms with Crippen LogP contribution in [0.2, 0.25) is 5.02 Å². The second kappa shape index (κ2) is 6.61. The Morgan fingerprint density at radius 1 is 1.50 bits per heavy atom. The van der Waals surface area contributed by atoms with Crippen molar-refractivity contribution in [1.29, 1.82) is 0 Å². The average molecular weight is 302 g/mol. The minimum absolute atomic E-state index is 0.0650. The highest BCUT2D eigenvalue weighted by molar-refractivity contribution is 6.32. The van der Waals surface area contributed by atoms with E-state index in [1.54, 1.807) is 26.8 Å². The zero-order valence-electron chi connectivity index (χ0n) is 11.5. The molecule has 0 bridgehead atoms. The topological polar surface area (TPSA) is 58.6 Å². The quantitative estimate of drug-likeness (QED) is 0.894. The van der Waals surface area contributed by atoms with Gasteiger partial charge in [-0.2, -0.15) is 0 Å². The van der Waals surface area contributed by atoms with Crippen molar-refractivity contribution in [2.45, 2.75) is 26.4 Å². The van der Waals surface area contributed by atoms with Crippen molar-refractivity contribution in [2.75, 3.05) is 6.54 Å². The summed E-state index contributed by atoms with van der Waals surface area (Å²) >= 11 is 5.64. The number of amides is 1. The summed E-state index contributed by atoms with van der Waals surface area (Å²) in [6, 6.07) is 2.17. The van der Waals surface area contributed by atoms with E-state index in [9.17, 15) is 14.3 Å². The molecule has 0 saturated carbocycles. The Morgan fingerprint density at radius 2 is 2.15 bits per heavy atom. The largest absolute Gasteiger partial charge is 0.506 e. The molecule has 0 heterocycles. The van der Waals surface area contributed by atoms with Gasteiger partial charge < -0.3 is 15.2 Å². The summed E-state index contributed by atoms with van der Waals surface area (Å²) in [5.41, 5.74) is -0.330. The predicted octanol–water partition coefficient (Wildman–Crippen LogP) is 3.72. The molecule has 0 aliphatic carbocycles. The first-order valence-corrected chi connectivity index (χ1v) is 6.38. The highest BCUT2D eigenvalue weighted by Gasteiger charge is 2.15. The third kappa shape index (κ3) is 5.48. The van der Waals surface area contributed by atoms with Crippen LogP contribution in [0.4, 0.5) is 9.18 Å². The Balaban J connectivity index is 2.56. The second-order valence-electron chi connectivity index (χ2n) is 5.11. The fourth-order valence-corrected chi connectivity index (χ4v) is 1.57. The number of nitrogens with one attached hydrogen (secondary N) is 1. The number of phenolic OH excluding ortho intramolecular Hbond substituents is 1. The van der Waals surface area contributed by atoms with E-state index in [1.807, 2.05) is 0 Å². The summed E-state index contributed by atoms with van der Waals surface area (Å²) in [6.07, 6.45) is 2.46. The maximum Gasteiger partial charge on any atom is 0.407 e. The third-order valence-corrected chi connectivity index (χ3v) is 2.41. The molecule has 6 heteroatoms. The van der Waals surface area contributed by atoms with Crippen molar-refractivity contribution in [1.82, 2.24) is 5.32 Å². The van der Waals surface area contributed by atoms with Gasteiger partial charge in [0.1, 0.15) is 17.2 Å². The molecule has 0 radical (unpaired) electrons. The number of alkyl carbamates (subject to hydrolysis) is 1. The van der Waals surface area contributed by atoms with Crippen LogP contribution < -0.4 is 5.32 Å². The lowest BCUT2D eigenvalue weighted by atomic mass is 10.2. The fraction of sp³-hybridized carbons (Fsp3) is 0.357. The second-order valence-corrected chi connectivity index (χ2v) is 5.52. The SMILES string of the molecule is CC(C)(C)OC(=O)NCC=Cc1cc(F)cc(Cl)c1O. The molecule has 1 aromatic rings. The number of rotatable bonds is 3. The Morgan fingerprint density at radius 3 is 2.75 bits per heavy atom. The summed E-state index contributed by atoms with van der Waals surface area (Å²) in [6.45, 7) is 5.46. The van der Waals surface area contributed by atoms with Crippen molar-refractivity contribution < 1.29 is 19.0 Å². The van der Waals surface area contributed by atoms with Crippen LogP contribution in [-0.2, 0) is 4.74 Å². The molecule has 1 amide bonds. The molecule has 110 valence electrons. The zero-order valence-corrected chi connectivity index (χ0v) is 12.3. The van der Waals surface area contributed by atoms with Gasteiger partial charge in [-0.1, -0.05) is 23.8 Å². The highest BCUT2D eigenvalue weighted by atomic mass is 35.5. The van der Waals surface area contributed by atoms with E-state index in [1.165, 1.54) is 6.08 Å². The van der Waals surface area contributed by atoms with Gasteiger partial charge >= 0.3 is 6.09 Å². The van der Waals surface area contributed by atoms with Crippen LogP contribution in [0.3, 0.4) is 0 Å². The van der Waals surface area contributed by atoms with Gasteiger partial charge in [0.25, 0.3) is 0 Å². The molecule has 0 aromatic heterocycles. The molecule has 1 aromatic carbocycles. The van der Waals surface area contributed by atoms with Crippen LogP contribution in [-0.4, -0.2) is 23.3 Å². The van der Waals surface area contributed by atoms with E-state index >= 15 is 0 Å². The monoisotopic (exact) mass is 301 g/mol. The van der Waals surface area contributed by atoms with Gasteiger partial charge in [-0.25, -0.2) is 9.18 Å². The Labute approximate surface area is 122 Å². The van der Waals surface area contributed by atoms with Gasteiger partial charge in [-0.3, -0.25) is 0 Å². The molecular formula is C14H17ClFNO3. The number of halogens is 2. The number of phenols is 1. The van der Waals surface area contributed by atoms with Crippen LogP contribution in [0.25, 0.3) is 6.08 Å². The van der Waals surface area contributed by atoms with Gasteiger partial charge in [0.15, 0.2) is 0 Å². The molecule has 1 rings (SSSR count). The van der Waals surface area contributed by atoms with Crippen LogP contribution in [0, 0.1) is 5.82 Å². The number of hydrogen-bond acceptors (Lipinski definition) is 3. The molecule has 0 unspecified atom stereocenters. The van der Waals surface area contributed by atoms with E-state index < -0.39 is 17.5 Å². The van der Waals surface area contributed by atoms with Crippen molar-refractivity contribution in [3.63, 3.8) is 0 Å². The normalized spacial score (nSPS) is 11.7. The first-order chi connectivity index (χ1) is 9.19. The van der Waals surface area contributed by atoms with Crippen molar-refractivity contribution in [3.8, 4) is 5.75 Å². The fourth-order valence-electron chi connectivity index (χ4n) is 1.36. The first kappa shape index (κ1) is 16.3. The number of ether oxygens (including phenoxy) is 1. The van der Waals surface area contributed by atoms with E-state index in [0.717, 1.165) is 12.1 Å². The molecular weight excluding hydrogens is 285 g/mol. The Kier molecular flexibility index (Phi) is 5.39. The van der Waals surface area contributed by atoms with Gasteiger partial charge in [0.2, 0.25) is 0 Å². The molecule has 4 nitrogen and oxygen atoms in total. The third-order valence-electron chi connectivity index (χ3n) is 2.12.